The van der Waals surface area contributed by atoms with Gasteiger partial charge >= 0.3 is 0 Å². The van der Waals surface area contributed by atoms with E-state index in [4.69, 9.17) is 4.42 Å². The molecule has 0 amide bonds. The molecule has 1 saturated heterocycles. The maximum Gasteiger partial charge on any atom is 0.200 e. The molecule has 2 fully saturated rings. The van der Waals surface area contributed by atoms with Gasteiger partial charge in [0.25, 0.3) is 0 Å². The van der Waals surface area contributed by atoms with Gasteiger partial charge in [-0.15, -0.1) is 0 Å². The molecule has 16 heavy (non-hydrogen) atoms. The van der Waals surface area contributed by atoms with Crippen LogP contribution in [0.1, 0.15) is 62.0 Å². The molecule has 0 spiro atoms. The number of oxazole rings is 1. The van der Waals surface area contributed by atoms with E-state index >= 15 is 0 Å². The summed E-state index contributed by atoms with van der Waals surface area (Å²) in [6.07, 6.45) is 10.0. The molecule has 0 radical (unpaired) electrons. The van der Waals surface area contributed by atoms with Crippen molar-refractivity contribution in [1.82, 2.24) is 10.3 Å². The first kappa shape index (κ1) is 10.3. The first-order chi connectivity index (χ1) is 7.93. The van der Waals surface area contributed by atoms with E-state index in [0.717, 1.165) is 24.7 Å². The third-order valence-electron chi connectivity index (χ3n) is 3.93. The number of hydrogen-bond donors (Lipinski definition) is 1. The van der Waals surface area contributed by atoms with Gasteiger partial charge in [0.2, 0.25) is 0 Å². The van der Waals surface area contributed by atoms with Gasteiger partial charge in [-0.05, 0) is 12.8 Å². The molecule has 0 aromatic carbocycles. The molecule has 3 nitrogen and oxygen atoms in total. The molecular weight excluding hydrogens is 200 g/mol. The van der Waals surface area contributed by atoms with Crippen LogP contribution in [0.2, 0.25) is 0 Å². The summed E-state index contributed by atoms with van der Waals surface area (Å²) in [7, 11) is 0. The van der Waals surface area contributed by atoms with Crippen molar-refractivity contribution in [2.75, 3.05) is 13.1 Å². The van der Waals surface area contributed by atoms with Gasteiger partial charge in [0.05, 0.1) is 12.1 Å². The van der Waals surface area contributed by atoms with E-state index in [0.29, 0.717) is 11.8 Å². The second-order valence-corrected chi connectivity index (χ2v) is 5.14. The molecule has 0 atom stereocenters. The summed E-state index contributed by atoms with van der Waals surface area (Å²) in [5.41, 5.74) is 0. The maximum atomic E-state index is 5.93. The zero-order valence-electron chi connectivity index (χ0n) is 9.74. The van der Waals surface area contributed by atoms with E-state index in [2.05, 4.69) is 10.3 Å². The predicted molar refractivity (Wildman–Crippen MR) is 62.6 cm³/mol. The Bertz CT molecular complexity index is 335. The van der Waals surface area contributed by atoms with Crippen LogP contribution in [-0.2, 0) is 0 Å². The molecule has 3 rings (SSSR count). The lowest BCUT2D eigenvalue weighted by Gasteiger charge is -2.23. The van der Waals surface area contributed by atoms with Crippen molar-refractivity contribution in [1.29, 1.82) is 0 Å². The van der Waals surface area contributed by atoms with Crippen molar-refractivity contribution < 1.29 is 4.42 Å². The number of nitrogens with zero attached hydrogens (tertiary/aromatic N) is 1. The molecule has 1 saturated carbocycles. The fourth-order valence-corrected chi connectivity index (χ4v) is 2.71. The van der Waals surface area contributed by atoms with Gasteiger partial charge in [0.1, 0.15) is 5.76 Å². The Hall–Kier alpha value is -0.830. The zero-order valence-corrected chi connectivity index (χ0v) is 9.74. The number of rotatable bonds is 2. The fraction of sp³-hybridized carbons (Fsp3) is 0.769. The normalized spacial score (nSPS) is 24.0. The molecule has 1 aliphatic carbocycles. The summed E-state index contributed by atoms with van der Waals surface area (Å²) >= 11 is 0. The number of nitrogens with one attached hydrogen (secondary N) is 1. The molecule has 2 heterocycles. The maximum absolute atomic E-state index is 5.93. The molecular formula is C13H20N2O. The number of aromatic nitrogens is 1. The highest BCUT2D eigenvalue weighted by Crippen LogP contribution is 2.33. The largest absolute Gasteiger partial charge is 0.445 e. The quantitative estimate of drug-likeness (QED) is 0.779. The molecule has 1 aromatic heterocycles. The minimum atomic E-state index is 0.527. The standard InChI is InChI=1S/C13H20N2O/c1-2-4-6-10(5-3-1)12-9-15-13(16-12)11-7-14-8-11/h9-11,14H,1-8H2. The van der Waals surface area contributed by atoms with E-state index < -0.39 is 0 Å². The van der Waals surface area contributed by atoms with Crippen LogP contribution in [0.15, 0.2) is 10.6 Å². The molecule has 1 aliphatic heterocycles. The third-order valence-corrected chi connectivity index (χ3v) is 3.93. The average molecular weight is 220 g/mol. The summed E-state index contributed by atoms with van der Waals surface area (Å²) in [5, 5.41) is 3.26. The van der Waals surface area contributed by atoms with Crippen LogP contribution in [0.25, 0.3) is 0 Å². The van der Waals surface area contributed by atoms with Gasteiger partial charge < -0.3 is 9.73 Å². The molecule has 0 unspecified atom stereocenters. The Kier molecular flexibility index (Phi) is 2.96. The van der Waals surface area contributed by atoms with Gasteiger partial charge in [-0.2, -0.15) is 0 Å². The molecule has 88 valence electrons. The van der Waals surface area contributed by atoms with Crippen molar-refractivity contribution in [2.45, 2.75) is 50.4 Å². The van der Waals surface area contributed by atoms with Gasteiger partial charge in [-0.1, -0.05) is 25.7 Å². The zero-order chi connectivity index (χ0) is 10.8. The SMILES string of the molecule is c1nc(C2CNC2)oc1C1CCCCCC1. The van der Waals surface area contributed by atoms with Crippen LogP contribution in [-0.4, -0.2) is 18.1 Å². The van der Waals surface area contributed by atoms with Gasteiger partial charge in [0.15, 0.2) is 5.89 Å². The lowest BCUT2D eigenvalue weighted by Crippen LogP contribution is -2.40. The van der Waals surface area contributed by atoms with Crippen molar-refractivity contribution >= 4 is 0 Å². The Morgan fingerprint density at radius 3 is 2.44 bits per heavy atom. The summed E-state index contributed by atoms with van der Waals surface area (Å²) in [6, 6.07) is 0. The average Bonchev–Trinajstić information content (AvgIpc) is 2.52. The van der Waals surface area contributed by atoms with Crippen LogP contribution >= 0.6 is 0 Å². The Morgan fingerprint density at radius 1 is 1.06 bits per heavy atom. The number of hydrogen-bond acceptors (Lipinski definition) is 3. The highest BCUT2D eigenvalue weighted by atomic mass is 16.4. The molecule has 1 aromatic rings. The predicted octanol–water partition coefficient (Wildman–Crippen LogP) is 2.80. The highest BCUT2D eigenvalue weighted by Gasteiger charge is 2.25. The minimum Gasteiger partial charge on any atom is -0.445 e. The van der Waals surface area contributed by atoms with E-state index in [1.807, 2.05) is 6.20 Å². The monoisotopic (exact) mass is 220 g/mol. The fourth-order valence-electron chi connectivity index (χ4n) is 2.71. The van der Waals surface area contributed by atoms with Crippen molar-refractivity contribution in [2.24, 2.45) is 0 Å². The van der Waals surface area contributed by atoms with Crippen LogP contribution in [0.3, 0.4) is 0 Å². The summed E-state index contributed by atoms with van der Waals surface area (Å²) in [4.78, 5) is 4.44. The van der Waals surface area contributed by atoms with E-state index in [9.17, 15) is 0 Å². The second kappa shape index (κ2) is 4.58. The molecule has 3 heteroatoms. The van der Waals surface area contributed by atoms with Crippen LogP contribution < -0.4 is 5.32 Å². The lowest BCUT2D eigenvalue weighted by molar-refractivity contribution is 0.331. The smallest absolute Gasteiger partial charge is 0.200 e. The van der Waals surface area contributed by atoms with Crippen LogP contribution in [0.4, 0.5) is 0 Å². The minimum absolute atomic E-state index is 0.527. The van der Waals surface area contributed by atoms with Crippen molar-refractivity contribution in [3.05, 3.63) is 17.8 Å². The summed E-state index contributed by atoms with van der Waals surface area (Å²) in [5.74, 6) is 3.26. The van der Waals surface area contributed by atoms with E-state index in [1.54, 1.807) is 0 Å². The summed E-state index contributed by atoms with van der Waals surface area (Å²) in [6.45, 7) is 2.06. The first-order valence-electron chi connectivity index (χ1n) is 6.60. The van der Waals surface area contributed by atoms with Crippen LogP contribution in [0.5, 0.6) is 0 Å². The molecule has 0 bridgehead atoms. The topological polar surface area (TPSA) is 38.1 Å². The summed E-state index contributed by atoms with van der Waals surface area (Å²) < 4.78 is 5.93. The highest BCUT2D eigenvalue weighted by molar-refractivity contribution is 5.07. The van der Waals surface area contributed by atoms with Crippen molar-refractivity contribution in [3.63, 3.8) is 0 Å². The third kappa shape index (κ3) is 2.01. The van der Waals surface area contributed by atoms with Gasteiger partial charge in [-0.3, -0.25) is 0 Å². The van der Waals surface area contributed by atoms with Crippen LogP contribution in [0, 0.1) is 0 Å². The van der Waals surface area contributed by atoms with Gasteiger partial charge in [0, 0.05) is 19.0 Å². The Labute approximate surface area is 96.6 Å². The van der Waals surface area contributed by atoms with E-state index in [-0.39, 0.29) is 0 Å². The Morgan fingerprint density at radius 2 is 1.81 bits per heavy atom. The van der Waals surface area contributed by atoms with Crippen molar-refractivity contribution in [3.8, 4) is 0 Å². The van der Waals surface area contributed by atoms with E-state index in [1.165, 1.54) is 38.5 Å². The molecule has 2 aliphatic rings. The molecule has 1 N–H and O–H groups in total. The lowest BCUT2D eigenvalue weighted by atomic mass is 9.98. The Balaban J connectivity index is 1.70. The second-order valence-electron chi connectivity index (χ2n) is 5.14. The first-order valence-corrected chi connectivity index (χ1v) is 6.60. The van der Waals surface area contributed by atoms with Gasteiger partial charge in [-0.25, -0.2) is 4.98 Å².